The zero-order chi connectivity index (χ0) is 22.9. The van der Waals surface area contributed by atoms with E-state index in [9.17, 15) is 13.9 Å². The molecule has 0 unspecified atom stereocenters. The lowest BCUT2D eigenvalue weighted by Crippen LogP contribution is -2.44. The summed E-state index contributed by atoms with van der Waals surface area (Å²) < 4.78 is 28.8. The Labute approximate surface area is 188 Å². The van der Waals surface area contributed by atoms with Gasteiger partial charge in [0.05, 0.1) is 28.9 Å². The molecule has 1 N–H and O–H groups in total. The Morgan fingerprint density at radius 2 is 2.00 bits per heavy atom. The number of hydrogen-bond donors (Lipinski definition) is 1. The molecule has 0 spiro atoms. The van der Waals surface area contributed by atoms with E-state index in [0.717, 1.165) is 23.8 Å². The van der Waals surface area contributed by atoms with Crippen LogP contribution in [0.25, 0.3) is 11.3 Å². The molecular formula is C23H21F2N5OS. The third-order valence-electron chi connectivity index (χ3n) is 5.54. The number of benzene rings is 2. The van der Waals surface area contributed by atoms with Gasteiger partial charge in [-0.15, -0.1) is 11.3 Å². The number of rotatable bonds is 6. The summed E-state index contributed by atoms with van der Waals surface area (Å²) in [6, 6.07) is 12.2. The van der Waals surface area contributed by atoms with Crippen molar-refractivity contribution in [2.24, 2.45) is 5.10 Å². The Balaban J connectivity index is 1.71. The van der Waals surface area contributed by atoms with Gasteiger partial charge in [0.25, 0.3) is 0 Å². The fourth-order valence-electron chi connectivity index (χ4n) is 3.68. The largest absolute Gasteiger partial charge is 0.382 e. The summed E-state index contributed by atoms with van der Waals surface area (Å²) in [6.07, 6.45) is 1.61. The van der Waals surface area contributed by atoms with E-state index in [1.807, 2.05) is 17.3 Å². The number of hydrogen-bond acceptors (Lipinski definition) is 7. The molecule has 3 aromatic rings. The fourth-order valence-corrected chi connectivity index (χ4v) is 4.66. The molecule has 1 aliphatic heterocycles. The number of β-amino-alcohol motifs (C(OH)–C–C–N with tert-alkyl or cyclic N) is 1. The first-order valence-electron chi connectivity index (χ1n) is 9.93. The predicted octanol–water partition coefficient (Wildman–Crippen LogP) is 4.10. The number of halogens is 2. The molecule has 0 amide bonds. The lowest BCUT2D eigenvalue weighted by atomic mass is 9.81. The van der Waals surface area contributed by atoms with Crippen molar-refractivity contribution in [1.82, 2.24) is 14.9 Å². The Morgan fingerprint density at radius 1 is 1.25 bits per heavy atom. The highest BCUT2D eigenvalue weighted by atomic mass is 32.1. The Morgan fingerprint density at radius 3 is 2.66 bits per heavy atom. The normalized spacial score (nSPS) is 16.1. The summed E-state index contributed by atoms with van der Waals surface area (Å²) in [5, 5.41) is 29.0. The molecule has 1 aliphatic rings. The summed E-state index contributed by atoms with van der Waals surface area (Å²) in [5.74, 6) is -1.98. The van der Waals surface area contributed by atoms with Crippen molar-refractivity contribution in [3.63, 3.8) is 0 Å². The fraction of sp³-hybridized carbons (Fsp3) is 0.261. The van der Waals surface area contributed by atoms with Crippen molar-refractivity contribution >= 4 is 17.7 Å². The zero-order valence-electron chi connectivity index (χ0n) is 17.5. The molecule has 1 aromatic heterocycles. The third-order valence-corrected chi connectivity index (χ3v) is 6.56. The highest BCUT2D eigenvalue weighted by molar-refractivity contribution is 7.10. The van der Waals surface area contributed by atoms with Gasteiger partial charge in [0.1, 0.15) is 30.2 Å². The minimum absolute atomic E-state index is 0.0405. The van der Waals surface area contributed by atoms with E-state index < -0.39 is 23.2 Å². The van der Waals surface area contributed by atoms with Crippen LogP contribution in [0.2, 0.25) is 0 Å². The molecule has 2 aromatic carbocycles. The molecule has 32 heavy (non-hydrogen) atoms. The van der Waals surface area contributed by atoms with Gasteiger partial charge in [0, 0.05) is 29.5 Å². The maximum atomic E-state index is 14.8. The van der Waals surface area contributed by atoms with Gasteiger partial charge >= 0.3 is 0 Å². The van der Waals surface area contributed by atoms with Gasteiger partial charge in [0.2, 0.25) is 0 Å². The number of nitrogens with zero attached hydrogens (tertiary/aromatic N) is 5. The first-order chi connectivity index (χ1) is 15.3. The van der Waals surface area contributed by atoms with Crippen molar-refractivity contribution < 1.29 is 13.9 Å². The van der Waals surface area contributed by atoms with E-state index in [2.05, 4.69) is 16.2 Å². The summed E-state index contributed by atoms with van der Waals surface area (Å²) in [6.45, 7) is 2.12. The standard InChI is InChI=1S/C23H21F2N5OS/c1-15(22-28-21(11-32-22)17-5-3-16(10-26)4-6-17)23(31,12-30-14-29(2)13-27-30)19-9-18(24)7-8-20(19)25/h3-9,11,13,15,31H,12,14H2,1-2H3/t15-,23+/m0/s1. The monoisotopic (exact) mass is 453 g/mol. The number of hydrazone groups is 1. The highest BCUT2D eigenvalue weighted by Gasteiger charge is 2.43. The van der Waals surface area contributed by atoms with Crippen molar-refractivity contribution in [2.75, 3.05) is 20.3 Å². The van der Waals surface area contributed by atoms with Crippen molar-refractivity contribution in [1.29, 1.82) is 5.26 Å². The first kappa shape index (κ1) is 21.9. The van der Waals surface area contributed by atoms with E-state index in [1.54, 1.807) is 42.5 Å². The SMILES string of the molecule is C[C@@H](c1nc(-c2ccc(C#N)cc2)cs1)[C@](O)(CN1CN(C)C=N1)c1cc(F)ccc1F. The smallest absolute Gasteiger partial charge is 0.129 e. The first-order valence-corrected chi connectivity index (χ1v) is 10.8. The molecule has 2 atom stereocenters. The quantitative estimate of drug-likeness (QED) is 0.608. The van der Waals surface area contributed by atoms with E-state index in [1.165, 1.54) is 11.3 Å². The van der Waals surface area contributed by atoms with Crippen LogP contribution < -0.4 is 0 Å². The average Bonchev–Trinajstić information content (AvgIpc) is 3.44. The molecule has 0 aliphatic carbocycles. The Hall–Kier alpha value is -3.35. The van der Waals surface area contributed by atoms with Crippen LogP contribution in [0.1, 0.15) is 29.0 Å². The second-order valence-corrected chi connectivity index (χ2v) is 8.71. The van der Waals surface area contributed by atoms with Crippen LogP contribution in [0.5, 0.6) is 0 Å². The Bertz CT molecular complexity index is 1190. The molecule has 2 heterocycles. The molecule has 0 saturated carbocycles. The van der Waals surface area contributed by atoms with Crippen LogP contribution in [0.4, 0.5) is 8.78 Å². The zero-order valence-corrected chi connectivity index (χ0v) is 18.4. The van der Waals surface area contributed by atoms with E-state index >= 15 is 0 Å². The minimum atomic E-state index is -1.78. The van der Waals surface area contributed by atoms with Crippen LogP contribution >= 0.6 is 11.3 Å². The molecule has 0 saturated heterocycles. The molecule has 0 fully saturated rings. The maximum absolute atomic E-state index is 14.8. The van der Waals surface area contributed by atoms with Gasteiger partial charge in [-0.3, -0.25) is 5.01 Å². The maximum Gasteiger partial charge on any atom is 0.129 e. The molecule has 4 rings (SSSR count). The van der Waals surface area contributed by atoms with Gasteiger partial charge < -0.3 is 10.0 Å². The van der Waals surface area contributed by atoms with Crippen LogP contribution in [-0.4, -0.2) is 46.6 Å². The number of aromatic nitrogens is 1. The van der Waals surface area contributed by atoms with Gasteiger partial charge in [-0.05, 0) is 30.3 Å². The summed E-state index contributed by atoms with van der Waals surface area (Å²) in [4.78, 5) is 6.48. The second-order valence-electron chi connectivity index (χ2n) is 7.82. The van der Waals surface area contributed by atoms with E-state index in [0.29, 0.717) is 22.9 Å². The van der Waals surface area contributed by atoms with Crippen LogP contribution in [0.15, 0.2) is 52.9 Å². The second kappa shape index (κ2) is 8.65. The van der Waals surface area contributed by atoms with E-state index in [-0.39, 0.29) is 12.1 Å². The topological polar surface area (TPSA) is 75.8 Å². The molecule has 6 nitrogen and oxygen atoms in total. The van der Waals surface area contributed by atoms with Gasteiger partial charge in [-0.2, -0.15) is 10.4 Å². The van der Waals surface area contributed by atoms with Crippen molar-refractivity contribution in [3.05, 3.63) is 75.6 Å². The lowest BCUT2D eigenvalue weighted by molar-refractivity contribution is -0.0256. The van der Waals surface area contributed by atoms with Crippen molar-refractivity contribution in [3.8, 4) is 17.3 Å². The van der Waals surface area contributed by atoms with E-state index in [4.69, 9.17) is 5.26 Å². The average molecular weight is 454 g/mol. The van der Waals surface area contributed by atoms with Crippen molar-refractivity contribution in [2.45, 2.75) is 18.4 Å². The summed E-state index contributed by atoms with van der Waals surface area (Å²) >= 11 is 1.33. The summed E-state index contributed by atoms with van der Waals surface area (Å²) in [7, 11) is 1.83. The number of thiazole rings is 1. The minimum Gasteiger partial charge on any atom is -0.382 e. The van der Waals surface area contributed by atoms with Gasteiger partial charge in [-0.25, -0.2) is 13.8 Å². The molecule has 9 heteroatoms. The molecule has 164 valence electrons. The van der Waals surface area contributed by atoms with Gasteiger partial charge in [0.15, 0.2) is 0 Å². The highest BCUT2D eigenvalue weighted by Crippen LogP contribution is 2.41. The lowest BCUT2D eigenvalue weighted by Gasteiger charge is -2.36. The van der Waals surface area contributed by atoms with Crippen LogP contribution in [0, 0.1) is 23.0 Å². The van der Waals surface area contributed by atoms with Gasteiger partial charge in [-0.1, -0.05) is 19.1 Å². The molecule has 0 bridgehead atoms. The summed E-state index contributed by atoms with van der Waals surface area (Å²) in [5.41, 5.74) is 0.135. The van der Waals surface area contributed by atoms with Crippen LogP contribution in [0.3, 0.4) is 0 Å². The number of aliphatic hydroxyl groups is 1. The Kier molecular flexibility index (Phi) is 5.91. The molecule has 0 radical (unpaired) electrons. The molecular weight excluding hydrogens is 432 g/mol. The predicted molar refractivity (Wildman–Crippen MR) is 119 cm³/mol. The third kappa shape index (κ3) is 4.20. The number of nitriles is 1. The van der Waals surface area contributed by atoms with Crippen LogP contribution in [-0.2, 0) is 5.60 Å².